The molecule has 0 saturated heterocycles. The van der Waals surface area contributed by atoms with Gasteiger partial charge in [0, 0.05) is 12.6 Å². The van der Waals surface area contributed by atoms with Gasteiger partial charge in [-0.25, -0.2) is 9.78 Å². The van der Waals surface area contributed by atoms with Crippen LogP contribution < -0.4 is 15.5 Å². The second-order valence-corrected chi connectivity index (χ2v) is 11.3. The summed E-state index contributed by atoms with van der Waals surface area (Å²) in [6.07, 6.45) is -4.06. The number of benzene rings is 3. The van der Waals surface area contributed by atoms with Crippen LogP contribution in [0.25, 0.3) is 22.2 Å². The second kappa shape index (κ2) is 12.8. The smallest absolute Gasteiger partial charge is 0.416 e. The average Bonchev–Trinajstić information content (AvgIpc) is 3.41. The highest BCUT2D eigenvalue weighted by atomic mass is 19.4. The minimum atomic E-state index is -4.56. The standard InChI is InChI=1S/C32H30F3N7O4/c1-19(39-29(43)26-16-28(38-18-37-26)46-42-27-8-6-5-7-25(27)40-41-42)20-9-11-21(12-10-20)24-15-23(32(33,34)35)14-13-22(24)17-36-30(44)45-31(2,3)4/h5-16,18-19H,17H2,1-4H3,(H,36,44)(H,39,43)/t19-/m1/s1. The molecule has 0 unspecified atom stereocenters. The number of carbonyl (C=O) groups is 2. The Balaban J connectivity index is 1.29. The number of fused-ring (bicyclic) bond motifs is 1. The fourth-order valence-electron chi connectivity index (χ4n) is 4.48. The van der Waals surface area contributed by atoms with E-state index in [1.807, 2.05) is 6.07 Å². The van der Waals surface area contributed by atoms with E-state index in [1.165, 1.54) is 23.3 Å². The number of hydrogen-bond acceptors (Lipinski definition) is 8. The number of aromatic nitrogens is 5. The zero-order valence-electron chi connectivity index (χ0n) is 25.3. The van der Waals surface area contributed by atoms with Gasteiger partial charge in [-0.2, -0.15) is 18.2 Å². The Labute approximate surface area is 261 Å². The normalized spacial score (nSPS) is 12.4. The summed E-state index contributed by atoms with van der Waals surface area (Å²) in [5.41, 5.74) is 1.67. The summed E-state index contributed by atoms with van der Waals surface area (Å²) in [6.45, 7) is 6.84. The summed E-state index contributed by atoms with van der Waals surface area (Å²) in [5, 5.41) is 13.4. The van der Waals surface area contributed by atoms with E-state index in [0.717, 1.165) is 12.1 Å². The van der Waals surface area contributed by atoms with Crippen molar-refractivity contribution >= 4 is 23.0 Å². The molecule has 2 N–H and O–H groups in total. The molecule has 46 heavy (non-hydrogen) atoms. The first kappa shape index (κ1) is 31.9. The zero-order valence-corrected chi connectivity index (χ0v) is 25.3. The van der Waals surface area contributed by atoms with Gasteiger partial charge >= 0.3 is 12.3 Å². The van der Waals surface area contributed by atoms with Crippen LogP contribution in [-0.2, 0) is 17.5 Å². The van der Waals surface area contributed by atoms with Gasteiger partial charge < -0.3 is 20.2 Å². The van der Waals surface area contributed by atoms with Gasteiger partial charge in [0.2, 0.25) is 0 Å². The predicted molar refractivity (Wildman–Crippen MR) is 161 cm³/mol. The Morgan fingerprint density at radius 3 is 2.41 bits per heavy atom. The van der Waals surface area contributed by atoms with E-state index in [9.17, 15) is 22.8 Å². The van der Waals surface area contributed by atoms with Crippen LogP contribution >= 0.6 is 0 Å². The van der Waals surface area contributed by atoms with E-state index in [1.54, 1.807) is 70.2 Å². The van der Waals surface area contributed by atoms with Gasteiger partial charge in [0.05, 0.1) is 11.6 Å². The van der Waals surface area contributed by atoms with Crippen LogP contribution in [-0.4, -0.2) is 42.7 Å². The maximum absolute atomic E-state index is 13.6. The minimum Gasteiger partial charge on any atom is -0.444 e. The largest absolute Gasteiger partial charge is 0.444 e. The number of halogens is 3. The van der Waals surface area contributed by atoms with Crippen LogP contribution in [0.3, 0.4) is 0 Å². The highest BCUT2D eigenvalue weighted by Gasteiger charge is 2.31. The molecule has 1 atom stereocenters. The molecule has 0 saturated carbocycles. The molecule has 3 aromatic carbocycles. The molecule has 14 heteroatoms. The summed E-state index contributed by atoms with van der Waals surface area (Å²) in [6, 6.07) is 18.1. The molecular weight excluding hydrogens is 603 g/mol. The summed E-state index contributed by atoms with van der Waals surface area (Å²) in [4.78, 5) is 40.2. The van der Waals surface area contributed by atoms with Crippen molar-refractivity contribution in [1.82, 2.24) is 35.8 Å². The molecule has 0 spiro atoms. The summed E-state index contributed by atoms with van der Waals surface area (Å²) < 4.78 is 46.0. The summed E-state index contributed by atoms with van der Waals surface area (Å²) in [7, 11) is 0. The Hall–Kier alpha value is -5.53. The third kappa shape index (κ3) is 7.75. The number of ether oxygens (including phenoxy) is 1. The number of alkyl carbamates (subject to hydrolysis) is 1. The van der Waals surface area contributed by atoms with Crippen molar-refractivity contribution in [3.8, 4) is 17.0 Å². The van der Waals surface area contributed by atoms with E-state index >= 15 is 0 Å². The fraction of sp³-hybridized carbons (Fsp3) is 0.250. The van der Waals surface area contributed by atoms with Crippen LogP contribution in [0.5, 0.6) is 5.88 Å². The van der Waals surface area contributed by atoms with E-state index in [2.05, 4.69) is 30.9 Å². The number of para-hydroxylation sites is 1. The molecule has 11 nitrogen and oxygen atoms in total. The lowest BCUT2D eigenvalue weighted by Gasteiger charge is -2.20. The molecule has 0 bridgehead atoms. The molecule has 5 aromatic rings. The van der Waals surface area contributed by atoms with Gasteiger partial charge in [-0.05, 0) is 79.4 Å². The molecule has 0 aliphatic carbocycles. The van der Waals surface area contributed by atoms with E-state index in [0.29, 0.717) is 33.3 Å². The molecule has 0 aliphatic rings. The highest BCUT2D eigenvalue weighted by Crippen LogP contribution is 2.34. The Kier molecular flexibility index (Phi) is 8.89. The van der Waals surface area contributed by atoms with Crippen LogP contribution in [0.1, 0.15) is 60.9 Å². The van der Waals surface area contributed by atoms with Gasteiger partial charge in [0.1, 0.15) is 28.7 Å². The van der Waals surface area contributed by atoms with Crippen molar-refractivity contribution in [2.75, 3.05) is 0 Å². The first-order valence-corrected chi connectivity index (χ1v) is 14.2. The number of rotatable bonds is 8. The third-order valence-corrected chi connectivity index (χ3v) is 6.70. The van der Waals surface area contributed by atoms with Gasteiger partial charge in [-0.15, -0.1) is 5.10 Å². The zero-order chi connectivity index (χ0) is 33.1. The van der Waals surface area contributed by atoms with Crippen LogP contribution in [0.2, 0.25) is 0 Å². The summed E-state index contributed by atoms with van der Waals surface area (Å²) >= 11 is 0. The number of carbonyl (C=O) groups excluding carboxylic acids is 2. The van der Waals surface area contributed by atoms with Crippen molar-refractivity contribution < 1.29 is 32.3 Å². The number of hydrogen-bond donors (Lipinski definition) is 2. The van der Waals surface area contributed by atoms with Gasteiger partial charge in [0.15, 0.2) is 0 Å². The van der Waals surface area contributed by atoms with Gasteiger partial charge in [0.25, 0.3) is 11.8 Å². The highest BCUT2D eigenvalue weighted by molar-refractivity contribution is 5.92. The third-order valence-electron chi connectivity index (χ3n) is 6.70. The van der Waals surface area contributed by atoms with Crippen molar-refractivity contribution in [2.45, 2.75) is 52.1 Å². The predicted octanol–water partition coefficient (Wildman–Crippen LogP) is 6.26. The van der Waals surface area contributed by atoms with Crippen molar-refractivity contribution in [3.05, 3.63) is 102 Å². The molecule has 5 rings (SSSR count). The van der Waals surface area contributed by atoms with Crippen LogP contribution in [0.4, 0.5) is 18.0 Å². The molecular formula is C32H30F3N7O4. The topological polar surface area (TPSA) is 133 Å². The van der Waals surface area contributed by atoms with E-state index in [-0.39, 0.29) is 18.1 Å². The first-order valence-electron chi connectivity index (χ1n) is 14.2. The lowest BCUT2D eigenvalue weighted by molar-refractivity contribution is -0.137. The number of amides is 2. The van der Waals surface area contributed by atoms with Crippen molar-refractivity contribution in [3.63, 3.8) is 0 Å². The molecule has 0 fully saturated rings. The lowest BCUT2D eigenvalue weighted by atomic mass is 9.95. The molecule has 0 radical (unpaired) electrons. The molecule has 2 heterocycles. The van der Waals surface area contributed by atoms with E-state index < -0.39 is 35.4 Å². The molecule has 238 valence electrons. The minimum absolute atomic E-state index is 0.0454. The van der Waals surface area contributed by atoms with E-state index in [4.69, 9.17) is 9.57 Å². The Morgan fingerprint density at radius 2 is 1.70 bits per heavy atom. The average molecular weight is 634 g/mol. The lowest BCUT2D eigenvalue weighted by Crippen LogP contribution is -2.32. The molecule has 0 aliphatic heterocycles. The Morgan fingerprint density at radius 1 is 0.957 bits per heavy atom. The van der Waals surface area contributed by atoms with Gasteiger partial charge in [-0.3, -0.25) is 4.79 Å². The SMILES string of the molecule is C[C@@H](NC(=O)c1cc(On2nnc3ccccc32)ncn1)c1ccc(-c2cc(C(F)(F)F)ccc2CNC(=O)OC(C)(C)C)cc1. The van der Waals surface area contributed by atoms with Gasteiger partial charge in [-0.1, -0.05) is 47.3 Å². The quantitative estimate of drug-likeness (QED) is 0.205. The first-order chi connectivity index (χ1) is 21.8. The van der Waals surface area contributed by atoms with Crippen LogP contribution in [0.15, 0.2) is 79.1 Å². The Bertz CT molecular complexity index is 1870. The maximum Gasteiger partial charge on any atom is 0.416 e. The second-order valence-electron chi connectivity index (χ2n) is 11.3. The summed E-state index contributed by atoms with van der Waals surface area (Å²) in [5.74, 6) is -0.425. The number of alkyl halides is 3. The van der Waals surface area contributed by atoms with Crippen LogP contribution in [0, 0.1) is 0 Å². The number of nitrogens with one attached hydrogen (secondary N) is 2. The fourth-order valence-corrected chi connectivity index (χ4v) is 4.48. The monoisotopic (exact) mass is 633 g/mol. The molecule has 2 amide bonds. The van der Waals surface area contributed by atoms with Crippen molar-refractivity contribution in [1.29, 1.82) is 0 Å². The molecule has 2 aromatic heterocycles. The number of nitrogens with zero attached hydrogens (tertiary/aromatic N) is 5. The maximum atomic E-state index is 13.6. The van der Waals surface area contributed by atoms with Crippen molar-refractivity contribution in [2.24, 2.45) is 0 Å².